The van der Waals surface area contributed by atoms with E-state index in [1.54, 1.807) is 6.07 Å². The smallest absolute Gasteiger partial charge is 0.357 e. The van der Waals surface area contributed by atoms with Crippen molar-refractivity contribution < 1.29 is 18.0 Å². The molecule has 0 atom stereocenters. The molecule has 2 aliphatic rings. The Morgan fingerprint density at radius 1 is 1.17 bits per heavy atom. The van der Waals surface area contributed by atoms with Crippen molar-refractivity contribution in [3.63, 3.8) is 0 Å². The first kappa shape index (κ1) is 24.7. The molecule has 0 spiro atoms. The molecular weight excluding hydrogens is 508 g/mol. The third-order valence-electron chi connectivity index (χ3n) is 5.66. The van der Waals surface area contributed by atoms with Crippen LogP contribution in [0.2, 0.25) is 0 Å². The average Bonchev–Trinajstić information content (AvgIpc) is 3.49. The molecule has 30 heavy (non-hydrogen) atoms. The number of halogens is 4. The summed E-state index contributed by atoms with van der Waals surface area (Å²) in [6.07, 6.45) is 0.250. The van der Waals surface area contributed by atoms with Crippen LogP contribution in [0.5, 0.6) is 0 Å². The summed E-state index contributed by atoms with van der Waals surface area (Å²) in [4.78, 5) is 16.3. The first-order valence-corrected chi connectivity index (χ1v) is 10.3. The predicted octanol–water partition coefficient (Wildman–Crippen LogP) is 3.83. The molecule has 2 aliphatic carbocycles. The minimum Gasteiger partial charge on any atom is -0.357 e. The van der Waals surface area contributed by atoms with Crippen molar-refractivity contribution in [3.05, 3.63) is 35.4 Å². The second kappa shape index (κ2) is 10.7. The summed E-state index contributed by atoms with van der Waals surface area (Å²) in [6, 6.07) is 5.63. The molecule has 2 fully saturated rings. The molecule has 0 heterocycles. The number of guanidine groups is 1. The quantitative estimate of drug-likeness (QED) is 0.204. The van der Waals surface area contributed by atoms with Crippen molar-refractivity contribution in [2.75, 3.05) is 26.2 Å². The molecule has 0 bridgehead atoms. The zero-order chi connectivity index (χ0) is 20.9. The highest BCUT2D eigenvalue weighted by Crippen LogP contribution is 2.45. The summed E-state index contributed by atoms with van der Waals surface area (Å²) in [5.41, 5.74) is -0.249. The minimum absolute atomic E-state index is 0. The predicted molar refractivity (Wildman–Crippen MR) is 122 cm³/mol. The van der Waals surface area contributed by atoms with Gasteiger partial charge in [-0.2, -0.15) is 13.2 Å². The van der Waals surface area contributed by atoms with Crippen molar-refractivity contribution in [3.8, 4) is 0 Å². The van der Waals surface area contributed by atoms with Crippen molar-refractivity contribution >= 4 is 35.8 Å². The van der Waals surface area contributed by atoms with Crippen LogP contribution in [0.25, 0.3) is 0 Å². The van der Waals surface area contributed by atoms with Crippen LogP contribution in [-0.4, -0.2) is 38.0 Å². The lowest BCUT2D eigenvalue weighted by Crippen LogP contribution is -2.44. The van der Waals surface area contributed by atoms with E-state index in [1.165, 1.54) is 12.1 Å². The van der Waals surface area contributed by atoms with E-state index in [0.717, 1.165) is 38.2 Å². The number of aliphatic imine (C=N–C) groups is 1. The molecule has 9 heteroatoms. The molecule has 0 aliphatic heterocycles. The maximum Gasteiger partial charge on any atom is 0.416 e. The molecule has 1 amide bonds. The molecule has 5 nitrogen and oxygen atoms in total. The van der Waals surface area contributed by atoms with Crippen LogP contribution in [0.4, 0.5) is 13.2 Å². The standard InChI is InChI=1S/C21H29F3N4O.HI/c1-2-25-19(27-12-11-26-18(29)15-7-8-15)28-14-20(9-4-10-20)16-5-3-6-17(13-16)21(22,23)24;/h3,5-6,13,15H,2,4,7-12,14H2,1H3,(H,26,29)(H2,25,27,28);1H. The fourth-order valence-corrected chi connectivity index (χ4v) is 3.60. The first-order chi connectivity index (χ1) is 13.8. The van der Waals surface area contributed by atoms with E-state index < -0.39 is 11.7 Å². The van der Waals surface area contributed by atoms with Gasteiger partial charge in [0.2, 0.25) is 5.91 Å². The van der Waals surface area contributed by atoms with Gasteiger partial charge in [-0.1, -0.05) is 24.6 Å². The van der Waals surface area contributed by atoms with Crippen LogP contribution in [0, 0.1) is 5.92 Å². The van der Waals surface area contributed by atoms with Gasteiger partial charge in [-0.15, -0.1) is 24.0 Å². The van der Waals surface area contributed by atoms with Gasteiger partial charge in [0.1, 0.15) is 0 Å². The topological polar surface area (TPSA) is 65.5 Å². The van der Waals surface area contributed by atoms with Gasteiger partial charge < -0.3 is 16.0 Å². The molecule has 0 radical (unpaired) electrons. The number of nitrogens with one attached hydrogen (secondary N) is 3. The van der Waals surface area contributed by atoms with Crippen molar-refractivity contribution in [2.24, 2.45) is 10.9 Å². The van der Waals surface area contributed by atoms with Gasteiger partial charge in [-0.3, -0.25) is 9.79 Å². The molecule has 3 rings (SSSR count). The zero-order valence-corrected chi connectivity index (χ0v) is 19.5. The first-order valence-electron chi connectivity index (χ1n) is 10.3. The number of benzene rings is 1. The van der Waals surface area contributed by atoms with E-state index >= 15 is 0 Å². The second-order valence-corrected chi connectivity index (χ2v) is 7.90. The highest BCUT2D eigenvalue weighted by atomic mass is 127. The summed E-state index contributed by atoms with van der Waals surface area (Å²) in [6.45, 7) is 4.12. The Morgan fingerprint density at radius 3 is 2.43 bits per heavy atom. The van der Waals surface area contributed by atoms with Crippen LogP contribution >= 0.6 is 24.0 Å². The largest absolute Gasteiger partial charge is 0.416 e. The number of carbonyl (C=O) groups is 1. The number of hydrogen-bond donors (Lipinski definition) is 3. The van der Waals surface area contributed by atoms with E-state index in [9.17, 15) is 18.0 Å². The molecule has 0 saturated heterocycles. The van der Waals surface area contributed by atoms with E-state index in [2.05, 4.69) is 20.9 Å². The lowest BCUT2D eigenvalue weighted by atomic mass is 9.64. The van der Waals surface area contributed by atoms with Crippen molar-refractivity contribution in [2.45, 2.75) is 50.6 Å². The molecule has 2 saturated carbocycles. The molecule has 3 N–H and O–H groups in total. The lowest BCUT2D eigenvalue weighted by molar-refractivity contribution is -0.137. The number of hydrogen-bond acceptors (Lipinski definition) is 2. The van der Waals surface area contributed by atoms with E-state index in [1.807, 2.05) is 6.92 Å². The van der Waals surface area contributed by atoms with Crippen LogP contribution < -0.4 is 16.0 Å². The van der Waals surface area contributed by atoms with Gasteiger partial charge in [0.15, 0.2) is 5.96 Å². The highest BCUT2D eigenvalue weighted by Gasteiger charge is 2.40. The van der Waals surface area contributed by atoms with Crippen LogP contribution in [0.1, 0.15) is 50.2 Å². The Balaban J connectivity index is 0.00000320. The van der Waals surface area contributed by atoms with Gasteiger partial charge in [-0.25, -0.2) is 0 Å². The number of carbonyl (C=O) groups excluding carboxylic acids is 1. The molecule has 1 aromatic rings. The average molecular weight is 538 g/mol. The van der Waals surface area contributed by atoms with Gasteiger partial charge >= 0.3 is 6.18 Å². The fraction of sp³-hybridized carbons (Fsp3) is 0.619. The molecule has 1 aromatic carbocycles. The zero-order valence-electron chi connectivity index (χ0n) is 17.1. The summed E-state index contributed by atoms with van der Waals surface area (Å²) in [5, 5.41) is 9.24. The van der Waals surface area contributed by atoms with Crippen LogP contribution in [0.15, 0.2) is 29.3 Å². The van der Waals surface area contributed by atoms with E-state index in [-0.39, 0.29) is 41.2 Å². The molecular formula is C21H30F3IN4O. The summed E-state index contributed by atoms with van der Waals surface area (Å²) in [7, 11) is 0. The minimum atomic E-state index is -4.34. The van der Waals surface area contributed by atoms with Gasteiger partial charge in [0.05, 0.1) is 12.1 Å². The van der Waals surface area contributed by atoms with Crippen LogP contribution in [0.3, 0.4) is 0 Å². The third-order valence-corrected chi connectivity index (χ3v) is 5.66. The third kappa shape index (κ3) is 6.49. The maximum atomic E-state index is 13.1. The summed E-state index contributed by atoms with van der Waals surface area (Å²) in [5.74, 6) is 0.904. The number of nitrogens with zero attached hydrogens (tertiary/aromatic N) is 1. The normalized spacial score (nSPS) is 18.1. The Bertz CT molecular complexity index is 746. The maximum absolute atomic E-state index is 13.1. The van der Waals surface area contributed by atoms with E-state index in [4.69, 9.17) is 0 Å². The van der Waals surface area contributed by atoms with Crippen molar-refractivity contribution in [1.29, 1.82) is 0 Å². The molecule has 0 aromatic heterocycles. The summed E-state index contributed by atoms with van der Waals surface area (Å²) < 4.78 is 39.3. The van der Waals surface area contributed by atoms with Gasteiger partial charge in [-0.05, 0) is 44.2 Å². The fourth-order valence-electron chi connectivity index (χ4n) is 3.60. The van der Waals surface area contributed by atoms with Gasteiger partial charge in [0, 0.05) is 31.0 Å². The number of amides is 1. The Kier molecular flexibility index (Phi) is 8.81. The molecule has 168 valence electrons. The Labute approximate surface area is 192 Å². The summed E-state index contributed by atoms with van der Waals surface area (Å²) >= 11 is 0. The lowest BCUT2D eigenvalue weighted by Gasteiger charge is -2.41. The Morgan fingerprint density at radius 2 is 1.87 bits per heavy atom. The van der Waals surface area contributed by atoms with E-state index in [0.29, 0.717) is 37.7 Å². The Hall–Kier alpha value is -1.52. The number of alkyl halides is 3. The monoisotopic (exact) mass is 538 g/mol. The SMILES string of the molecule is CCNC(=NCC1(c2cccc(C(F)(F)F)c2)CCC1)NCCNC(=O)C1CC1.I. The van der Waals surface area contributed by atoms with Gasteiger partial charge in [0.25, 0.3) is 0 Å². The molecule has 0 unspecified atom stereocenters. The van der Waals surface area contributed by atoms with Crippen LogP contribution in [-0.2, 0) is 16.4 Å². The van der Waals surface area contributed by atoms with Crippen molar-refractivity contribution in [1.82, 2.24) is 16.0 Å². The number of rotatable bonds is 8. The highest BCUT2D eigenvalue weighted by molar-refractivity contribution is 14.0. The second-order valence-electron chi connectivity index (χ2n) is 7.90.